The highest BCUT2D eigenvalue weighted by molar-refractivity contribution is 6.07. The zero-order valence-corrected chi connectivity index (χ0v) is 16.3. The normalized spacial score (nSPS) is 10.4. The predicted octanol–water partition coefficient (Wildman–Crippen LogP) is 2.81. The van der Waals surface area contributed by atoms with Crippen molar-refractivity contribution >= 4 is 29.9 Å². The van der Waals surface area contributed by atoms with Crippen molar-refractivity contribution in [3.63, 3.8) is 0 Å². The molecule has 2 amide bonds. The van der Waals surface area contributed by atoms with Gasteiger partial charge in [0.15, 0.2) is 11.4 Å². The lowest BCUT2D eigenvalue weighted by molar-refractivity contribution is 0.0995. The first-order valence-electron chi connectivity index (χ1n) is 8.55. The van der Waals surface area contributed by atoms with Crippen molar-refractivity contribution in [2.75, 3.05) is 5.32 Å². The van der Waals surface area contributed by atoms with Crippen molar-refractivity contribution in [3.8, 4) is 11.5 Å². The molecule has 148 valence electrons. The molecule has 3 rings (SSSR count). The first-order valence-corrected chi connectivity index (χ1v) is 8.55. The minimum atomic E-state index is -0.714. The van der Waals surface area contributed by atoms with E-state index in [4.69, 9.17) is 10.2 Å². The Bertz CT molecular complexity index is 981. The van der Waals surface area contributed by atoms with Gasteiger partial charge in [0.25, 0.3) is 11.8 Å². The highest BCUT2D eigenvalue weighted by atomic mass is 35.5. The Morgan fingerprint density at radius 3 is 2.82 bits per heavy atom. The highest BCUT2D eigenvalue weighted by Gasteiger charge is 2.19. The van der Waals surface area contributed by atoms with Crippen LogP contribution in [0.3, 0.4) is 0 Å². The molecule has 3 heterocycles. The number of unbranched alkanes of at least 4 members (excludes halogenated alkanes) is 1. The molecule has 0 radical (unpaired) electrons. The van der Waals surface area contributed by atoms with Crippen molar-refractivity contribution in [1.29, 1.82) is 0 Å². The molecule has 0 saturated carbocycles. The molecule has 0 spiro atoms. The zero-order valence-electron chi connectivity index (χ0n) is 15.5. The van der Waals surface area contributed by atoms with E-state index in [1.165, 1.54) is 6.26 Å². The Hall–Kier alpha value is -3.20. The summed E-state index contributed by atoms with van der Waals surface area (Å²) in [5.41, 5.74) is 7.21. The second kappa shape index (κ2) is 9.14. The van der Waals surface area contributed by atoms with Crippen LogP contribution >= 0.6 is 12.4 Å². The molecule has 0 atom stereocenters. The van der Waals surface area contributed by atoms with Crippen molar-refractivity contribution in [2.24, 2.45) is 5.73 Å². The quantitative estimate of drug-likeness (QED) is 0.622. The fourth-order valence-electron chi connectivity index (χ4n) is 2.51. The first kappa shape index (κ1) is 21.1. The number of carbonyl (C=O) groups excluding carboxylic acids is 2. The van der Waals surface area contributed by atoms with E-state index in [1.807, 2.05) is 13.8 Å². The minimum absolute atomic E-state index is 0. The van der Waals surface area contributed by atoms with Gasteiger partial charge in [-0.25, -0.2) is 4.98 Å². The predicted molar refractivity (Wildman–Crippen MR) is 105 cm³/mol. The minimum Gasteiger partial charge on any atom is -0.444 e. The lowest BCUT2D eigenvalue weighted by atomic mass is 10.2. The van der Waals surface area contributed by atoms with Crippen molar-refractivity contribution in [3.05, 3.63) is 47.9 Å². The fourth-order valence-corrected chi connectivity index (χ4v) is 2.51. The monoisotopic (exact) mass is 404 g/mol. The number of oxazole rings is 1. The molecule has 0 aliphatic heterocycles. The Labute approximate surface area is 167 Å². The van der Waals surface area contributed by atoms with Crippen LogP contribution in [0.5, 0.6) is 0 Å². The number of anilines is 1. The molecular formula is C18H21ClN6O3. The number of hydrogen-bond acceptors (Lipinski definition) is 6. The summed E-state index contributed by atoms with van der Waals surface area (Å²) in [7, 11) is 0. The number of nitrogens with zero attached hydrogens (tertiary/aromatic N) is 4. The molecule has 3 N–H and O–H groups in total. The van der Waals surface area contributed by atoms with Gasteiger partial charge in [-0.2, -0.15) is 5.10 Å². The van der Waals surface area contributed by atoms with Gasteiger partial charge >= 0.3 is 0 Å². The summed E-state index contributed by atoms with van der Waals surface area (Å²) in [6.07, 6.45) is 6.35. The summed E-state index contributed by atoms with van der Waals surface area (Å²) >= 11 is 0. The number of aromatic nitrogens is 4. The largest absolute Gasteiger partial charge is 0.444 e. The molecule has 0 aliphatic carbocycles. The van der Waals surface area contributed by atoms with E-state index < -0.39 is 11.8 Å². The molecule has 3 aromatic heterocycles. The summed E-state index contributed by atoms with van der Waals surface area (Å²) in [5.74, 6) is -0.929. The van der Waals surface area contributed by atoms with E-state index >= 15 is 0 Å². The highest BCUT2D eigenvalue weighted by Crippen LogP contribution is 2.20. The molecule has 0 fully saturated rings. The number of aryl methyl sites for hydroxylation is 2. The maximum atomic E-state index is 12.5. The summed E-state index contributed by atoms with van der Waals surface area (Å²) < 4.78 is 6.98. The maximum absolute atomic E-state index is 12.5. The summed E-state index contributed by atoms with van der Waals surface area (Å²) in [6, 6.07) is 3.54. The SMILES string of the molecule is CCCCn1cc(NC(=O)c2coc(-c3ccnc(C)c3)n2)c(C(N)=O)n1.Cl. The zero-order chi connectivity index (χ0) is 19.4. The number of hydrogen-bond donors (Lipinski definition) is 2. The van der Waals surface area contributed by atoms with Gasteiger partial charge in [0, 0.05) is 30.2 Å². The van der Waals surface area contributed by atoms with E-state index in [0.29, 0.717) is 18.0 Å². The number of pyridine rings is 1. The van der Waals surface area contributed by atoms with Crippen LogP contribution in [0.1, 0.15) is 46.4 Å². The molecule has 0 saturated heterocycles. The van der Waals surface area contributed by atoms with E-state index in [0.717, 1.165) is 18.5 Å². The van der Waals surface area contributed by atoms with Gasteiger partial charge in [-0.05, 0) is 25.5 Å². The van der Waals surface area contributed by atoms with Crippen molar-refractivity contribution in [1.82, 2.24) is 19.7 Å². The van der Waals surface area contributed by atoms with Crippen molar-refractivity contribution in [2.45, 2.75) is 33.2 Å². The van der Waals surface area contributed by atoms with Gasteiger partial charge in [0.1, 0.15) is 6.26 Å². The maximum Gasteiger partial charge on any atom is 0.277 e. The van der Waals surface area contributed by atoms with Crippen LogP contribution in [0.2, 0.25) is 0 Å². The van der Waals surface area contributed by atoms with Gasteiger partial charge < -0.3 is 15.5 Å². The molecule has 0 aromatic carbocycles. The van der Waals surface area contributed by atoms with Crippen molar-refractivity contribution < 1.29 is 14.0 Å². The Morgan fingerprint density at radius 2 is 2.14 bits per heavy atom. The molecule has 0 unspecified atom stereocenters. The standard InChI is InChI=1S/C18H20N6O3.ClH/c1-3-4-7-24-9-13(15(23-24)16(19)25)21-17(26)14-10-27-18(22-14)12-5-6-20-11(2)8-12;/h5-6,8-10H,3-4,7H2,1-2H3,(H2,19,25)(H,21,26);1H. The average molecular weight is 405 g/mol. The summed E-state index contributed by atoms with van der Waals surface area (Å²) in [5, 5.41) is 6.76. The Balaban J connectivity index is 0.00000280. The van der Waals surface area contributed by atoms with Crippen LogP contribution in [0.25, 0.3) is 11.5 Å². The van der Waals surface area contributed by atoms with Crippen LogP contribution in [0.4, 0.5) is 5.69 Å². The van der Waals surface area contributed by atoms with Crippen LogP contribution in [-0.4, -0.2) is 31.6 Å². The molecule has 3 aromatic rings. The third-order valence-electron chi connectivity index (χ3n) is 3.86. The number of amides is 2. The smallest absolute Gasteiger partial charge is 0.277 e. The molecule has 10 heteroatoms. The van der Waals surface area contributed by atoms with Gasteiger partial charge in [-0.3, -0.25) is 19.3 Å². The topological polar surface area (TPSA) is 129 Å². The second-order valence-electron chi connectivity index (χ2n) is 6.05. The number of halogens is 1. The number of nitrogens with one attached hydrogen (secondary N) is 1. The molecular weight excluding hydrogens is 384 g/mol. The van der Waals surface area contributed by atoms with E-state index in [-0.39, 0.29) is 29.5 Å². The van der Waals surface area contributed by atoms with E-state index in [2.05, 4.69) is 20.4 Å². The van der Waals surface area contributed by atoms with E-state index in [1.54, 1.807) is 29.2 Å². The average Bonchev–Trinajstić information content (AvgIpc) is 3.27. The number of nitrogens with two attached hydrogens (primary N) is 1. The van der Waals surface area contributed by atoms with Crippen LogP contribution in [0.15, 0.2) is 35.2 Å². The number of rotatable bonds is 7. The molecule has 0 bridgehead atoms. The lowest BCUT2D eigenvalue weighted by Crippen LogP contribution is -2.18. The fraction of sp³-hybridized carbons (Fsp3) is 0.278. The third kappa shape index (κ3) is 4.74. The lowest BCUT2D eigenvalue weighted by Gasteiger charge is -2.00. The third-order valence-corrected chi connectivity index (χ3v) is 3.86. The number of carbonyl (C=O) groups is 2. The Kier molecular flexibility index (Phi) is 6.89. The van der Waals surface area contributed by atoms with Crippen LogP contribution in [-0.2, 0) is 6.54 Å². The summed E-state index contributed by atoms with van der Waals surface area (Å²) in [4.78, 5) is 32.4. The second-order valence-corrected chi connectivity index (χ2v) is 6.05. The molecule has 9 nitrogen and oxygen atoms in total. The molecule has 0 aliphatic rings. The first-order chi connectivity index (χ1) is 13.0. The van der Waals surface area contributed by atoms with Gasteiger partial charge in [0.2, 0.25) is 5.89 Å². The number of primary amides is 1. The Morgan fingerprint density at radius 1 is 1.36 bits per heavy atom. The van der Waals surface area contributed by atoms with Gasteiger partial charge in [0.05, 0.1) is 5.69 Å². The van der Waals surface area contributed by atoms with E-state index in [9.17, 15) is 9.59 Å². The summed E-state index contributed by atoms with van der Waals surface area (Å²) in [6.45, 7) is 4.53. The van der Waals surface area contributed by atoms with Crippen LogP contribution in [0, 0.1) is 6.92 Å². The molecule has 28 heavy (non-hydrogen) atoms. The van der Waals surface area contributed by atoms with Gasteiger partial charge in [-0.15, -0.1) is 12.4 Å². The van der Waals surface area contributed by atoms with Gasteiger partial charge in [-0.1, -0.05) is 13.3 Å². The van der Waals surface area contributed by atoms with Crippen LogP contribution < -0.4 is 11.1 Å².